The van der Waals surface area contributed by atoms with E-state index >= 15 is 0 Å². The average molecular weight is 474 g/mol. The van der Waals surface area contributed by atoms with Gasteiger partial charge in [0.1, 0.15) is 11.9 Å². The third-order valence-corrected chi connectivity index (χ3v) is 7.58. The lowest BCUT2D eigenvalue weighted by molar-refractivity contribution is -0.113. The zero-order valence-corrected chi connectivity index (χ0v) is 18.7. The molecule has 1 N–H and O–H groups in total. The summed E-state index contributed by atoms with van der Waals surface area (Å²) >= 11 is 5.01. The molecule has 2 aliphatic rings. The van der Waals surface area contributed by atoms with Gasteiger partial charge in [-0.3, -0.25) is 4.79 Å². The number of aromatic nitrogens is 1. The third-order valence-electron chi connectivity index (χ3n) is 5.55. The smallest absolute Gasteiger partial charge is 0.235 e. The molecule has 1 saturated heterocycles. The SMILES string of the molecule is N#Cc1c2c(n(CC3CCCO3)c1NC(=O)CSc1ccccc1Br)CCCC2. The maximum atomic E-state index is 12.8. The zero-order chi connectivity index (χ0) is 20.2. The number of amides is 1. The Morgan fingerprint density at radius 2 is 2.14 bits per heavy atom. The molecule has 1 fully saturated rings. The van der Waals surface area contributed by atoms with Crippen molar-refractivity contribution >= 4 is 39.4 Å². The largest absolute Gasteiger partial charge is 0.376 e. The summed E-state index contributed by atoms with van der Waals surface area (Å²) in [5, 5.41) is 12.9. The van der Waals surface area contributed by atoms with Crippen LogP contribution >= 0.6 is 27.7 Å². The van der Waals surface area contributed by atoms with E-state index in [1.54, 1.807) is 0 Å². The lowest BCUT2D eigenvalue weighted by Gasteiger charge is -2.19. The zero-order valence-electron chi connectivity index (χ0n) is 16.2. The molecule has 152 valence electrons. The summed E-state index contributed by atoms with van der Waals surface area (Å²) < 4.78 is 8.98. The van der Waals surface area contributed by atoms with Crippen molar-refractivity contribution in [1.29, 1.82) is 5.26 Å². The number of thioether (sulfide) groups is 1. The molecule has 1 aromatic carbocycles. The number of benzene rings is 1. The van der Waals surface area contributed by atoms with Gasteiger partial charge in [-0.1, -0.05) is 12.1 Å². The Labute approximate surface area is 183 Å². The first-order chi connectivity index (χ1) is 14.2. The second kappa shape index (κ2) is 9.38. The highest BCUT2D eigenvalue weighted by Gasteiger charge is 2.28. The minimum atomic E-state index is -0.0920. The molecule has 1 aliphatic carbocycles. The quantitative estimate of drug-likeness (QED) is 0.605. The fourth-order valence-electron chi connectivity index (χ4n) is 4.19. The Morgan fingerprint density at radius 1 is 1.31 bits per heavy atom. The first kappa shape index (κ1) is 20.5. The van der Waals surface area contributed by atoms with Crippen LogP contribution in [0.5, 0.6) is 0 Å². The van der Waals surface area contributed by atoms with Gasteiger partial charge in [-0.25, -0.2) is 0 Å². The van der Waals surface area contributed by atoms with Crippen LogP contribution in [0.1, 0.15) is 42.5 Å². The number of halogens is 1. The van der Waals surface area contributed by atoms with E-state index in [2.05, 4.69) is 31.9 Å². The van der Waals surface area contributed by atoms with Crippen LogP contribution in [-0.4, -0.2) is 28.9 Å². The number of ether oxygens (including phenoxy) is 1. The minimum Gasteiger partial charge on any atom is -0.376 e. The van der Waals surface area contributed by atoms with Gasteiger partial charge in [0.15, 0.2) is 0 Å². The Balaban J connectivity index is 1.56. The number of carbonyl (C=O) groups is 1. The molecule has 0 spiro atoms. The summed E-state index contributed by atoms with van der Waals surface area (Å²) in [6.07, 6.45) is 6.34. The first-order valence-electron chi connectivity index (χ1n) is 10.1. The van der Waals surface area contributed by atoms with Crippen LogP contribution in [0.4, 0.5) is 5.82 Å². The van der Waals surface area contributed by atoms with Crippen molar-refractivity contribution in [1.82, 2.24) is 4.57 Å². The molecular weight excluding hydrogens is 450 g/mol. The number of carbonyl (C=O) groups excluding carboxylic acids is 1. The highest BCUT2D eigenvalue weighted by molar-refractivity contribution is 9.10. The maximum absolute atomic E-state index is 12.8. The summed E-state index contributed by atoms with van der Waals surface area (Å²) in [6, 6.07) is 10.2. The van der Waals surface area contributed by atoms with E-state index in [0.29, 0.717) is 23.7 Å². The molecule has 1 unspecified atom stereocenters. The van der Waals surface area contributed by atoms with Crippen molar-refractivity contribution in [3.63, 3.8) is 0 Å². The standard InChI is InChI=1S/C22H24BrN3O2S/c23-18-8-2-4-10-20(18)29-14-21(27)25-22-17(12-24)16-7-1-3-9-19(16)26(22)13-15-6-5-11-28-15/h2,4,8,10,15H,1,3,5-7,9,11,13-14H2,(H,25,27). The molecule has 0 saturated carbocycles. The van der Waals surface area contributed by atoms with E-state index in [9.17, 15) is 10.1 Å². The summed E-state index contributed by atoms with van der Waals surface area (Å²) in [6.45, 7) is 1.50. The van der Waals surface area contributed by atoms with Crippen LogP contribution in [0, 0.1) is 11.3 Å². The topological polar surface area (TPSA) is 67.1 Å². The molecule has 1 aliphatic heterocycles. The number of nitrogens with zero attached hydrogens (tertiary/aromatic N) is 2. The average Bonchev–Trinajstić information content (AvgIpc) is 3.34. The lowest BCUT2D eigenvalue weighted by Crippen LogP contribution is -2.23. The molecule has 29 heavy (non-hydrogen) atoms. The molecule has 7 heteroatoms. The Hall–Kier alpha value is -1.75. The van der Waals surface area contributed by atoms with Gasteiger partial charge < -0.3 is 14.6 Å². The van der Waals surface area contributed by atoms with Gasteiger partial charge in [0.25, 0.3) is 0 Å². The normalized spacial score (nSPS) is 18.3. The van der Waals surface area contributed by atoms with Crippen LogP contribution in [0.2, 0.25) is 0 Å². The van der Waals surface area contributed by atoms with Crippen LogP contribution in [-0.2, 0) is 28.9 Å². The molecule has 1 amide bonds. The van der Waals surface area contributed by atoms with Crippen LogP contribution in [0.15, 0.2) is 33.6 Å². The van der Waals surface area contributed by atoms with Crippen LogP contribution < -0.4 is 5.32 Å². The molecule has 2 aromatic rings. The van der Waals surface area contributed by atoms with Crippen molar-refractivity contribution in [2.75, 3.05) is 17.7 Å². The van der Waals surface area contributed by atoms with E-state index in [1.165, 1.54) is 17.5 Å². The van der Waals surface area contributed by atoms with Gasteiger partial charge in [-0.05, 0) is 72.2 Å². The fraction of sp³-hybridized carbons (Fsp3) is 0.455. The molecule has 5 nitrogen and oxygen atoms in total. The van der Waals surface area contributed by atoms with Gasteiger partial charge in [-0.15, -0.1) is 11.8 Å². The molecule has 0 radical (unpaired) electrons. The highest BCUT2D eigenvalue weighted by atomic mass is 79.9. The third kappa shape index (κ3) is 4.55. The Kier molecular flexibility index (Phi) is 6.63. The number of rotatable bonds is 6. The monoisotopic (exact) mass is 473 g/mol. The van der Waals surface area contributed by atoms with Crippen LogP contribution in [0.3, 0.4) is 0 Å². The number of anilines is 1. The van der Waals surface area contributed by atoms with Crippen molar-refractivity contribution in [2.45, 2.75) is 56.1 Å². The lowest BCUT2D eigenvalue weighted by atomic mass is 9.95. The summed E-state index contributed by atoms with van der Waals surface area (Å²) in [5.41, 5.74) is 2.96. The summed E-state index contributed by atoms with van der Waals surface area (Å²) in [4.78, 5) is 13.8. The van der Waals surface area contributed by atoms with Gasteiger partial charge >= 0.3 is 0 Å². The van der Waals surface area contributed by atoms with Crippen molar-refractivity contribution in [3.8, 4) is 6.07 Å². The second-order valence-corrected chi connectivity index (χ2v) is 9.35. The second-order valence-electron chi connectivity index (χ2n) is 7.48. The van der Waals surface area contributed by atoms with Gasteiger partial charge in [0, 0.05) is 21.7 Å². The number of hydrogen-bond donors (Lipinski definition) is 1. The van der Waals surface area contributed by atoms with E-state index in [-0.39, 0.29) is 12.0 Å². The Bertz CT molecular complexity index is 944. The van der Waals surface area contributed by atoms with E-state index in [4.69, 9.17) is 4.74 Å². The number of hydrogen-bond acceptors (Lipinski definition) is 4. The van der Waals surface area contributed by atoms with Crippen molar-refractivity contribution < 1.29 is 9.53 Å². The van der Waals surface area contributed by atoms with Gasteiger partial charge in [-0.2, -0.15) is 5.26 Å². The first-order valence-corrected chi connectivity index (χ1v) is 11.9. The molecule has 1 aromatic heterocycles. The van der Waals surface area contributed by atoms with Gasteiger partial charge in [0.05, 0.1) is 24.0 Å². The van der Waals surface area contributed by atoms with E-state index in [1.807, 2.05) is 24.3 Å². The van der Waals surface area contributed by atoms with E-state index in [0.717, 1.165) is 60.1 Å². The minimum absolute atomic E-state index is 0.0920. The fourth-order valence-corrected chi connectivity index (χ4v) is 5.55. The van der Waals surface area contributed by atoms with Crippen molar-refractivity contribution in [3.05, 3.63) is 45.6 Å². The molecule has 0 bridgehead atoms. The maximum Gasteiger partial charge on any atom is 0.235 e. The van der Waals surface area contributed by atoms with E-state index < -0.39 is 0 Å². The number of nitriles is 1. The molecule has 1 atom stereocenters. The highest BCUT2D eigenvalue weighted by Crippen LogP contribution is 2.34. The summed E-state index contributed by atoms with van der Waals surface area (Å²) in [7, 11) is 0. The molecule has 2 heterocycles. The van der Waals surface area contributed by atoms with Crippen molar-refractivity contribution in [2.24, 2.45) is 0 Å². The number of nitrogens with one attached hydrogen (secondary N) is 1. The summed E-state index contributed by atoms with van der Waals surface area (Å²) in [5.74, 6) is 0.863. The van der Waals surface area contributed by atoms with Gasteiger partial charge in [0.2, 0.25) is 5.91 Å². The van der Waals surface area contributed by atoms with Crippen LogP contribution in [0.25, 0.3) is 0 Å². The Morgan fingerprint density at radius 3 is 2.90 bits per heavy atom. The molecular formula is C22H24BrN3O2S. The number of fused-ring (bicyclic) bond motifs is 1. The molecule has 4 rings (SSSR count). The predicted molar refractivity (Wildman–Crippen MR) is 118 cm³/mol. The predicted octanol–water partition coefficient (Wildman–Crippen LogP) is 4.91.